The zero-order valence-corrected chi connectivity index (χ0v) is 19.3. The fraction of sp³-hybridized carbons (Fsp3) is 0.458. The van der Waals surface area contributed by atoms with Crippen LogP contribution in [-0.2, 0) is 16.5 Å². The molecule has 2 N–H and O–H groups in total. The van der Waals surface area contributed by atoms with Crippen LogP contribution >= 0.6 is 0 Å². The SMILES string of the molecule is CC(C)(O)c1cc(Nc2cc(Oc3cc(C(F)(F)F)nn3C3C[C@H]4CC[C@@H](C3)O4)ccn2)ccn1. The summed E-state index contributed by atoms with van der Waals surface area (Å²) < 4.78 is 53.5. The van der Waals surface area contributed by atoms with Gasteiger partial charge in [-0.05, 0) is 57.7 Å². The van der Waals surface area contributed by atoms with E-state index in [4.69, 9.17) is 9.47 Å². The number of ether oxygens (including phenoxy) is 2. The van der Waals surface area contributed by atoms with Crippen LogP contribution in [0.3, 0.4) is 0 Å². The standard InChI is InChI=1S/C24H26F3N5O3/c1-23(2,33)19-9-14(5-7-28-19)30-21-12-18(6-8-29-21)35-22-13-20(24(25,26)27)31-32(22)15-10-16-3-4-17(11-15)34-16/h5-9,12-13,15-17,33H,3-4,10-11H2,1-2H3,(H,28,29,30)/t15?,16-,17+. The van der Waals surface area contributed by atoms with Crippen molar-refractivity contribution in [1.82, 2.24) is 19.7 Å². The Morgan fingerprint density at radius 3 is 2.43 bits per heavy atom. The van der Waals surface area contributed by atoms with Crippen LogP contribution in [0.25, 0.3) is 0 Å². The molecule has 5 heterocycles. The van der Waals surface area contributed by atoms with Gasteiger partial charge in [0.2, 0.25) is 5.88 Å². The lowest BCUT2D eigenvalue weighted by atomic mass is 10.0. The van der Waals surface area contributed by atoms with Crippen molar-refractivity contribution >= 4 is 11.5 Å². The van der Waals surface area contributed by atoms with Crippen LogP contribution < -0.4 is 10.1 Å². The highest BCUT2D eigenvalue weighted by Crippen LogP contribution is 2.42. The summed E-state index contributed by atoms with van der Waals surface area (Å²) in [5.41, 5.74) is -0.989. The number of aliphatic hydroxyl groups is 1. The van der Waals surface area contributed by atoms with Crippen molar-refractivity contribution in [3.63, 3.8) is 0 Å². The molecule has 1 unspecified atom stereocenters. The van der Waals surface area contributed by atoms with Gasteiger partial charge in [-0.3, -0.25) is 4.98 Å². The monoisotopic (exact) mass is 489 g/mol. The van der Waals surface area contributed by atoms with Crippen LogP contribution in [0.15, 0.2) is 42.7 Å². The Labute approximate surface area is 200 Å². The van der Waals surface area contributed by atoms with Crippen molar-refractivity contribution in [1.29, 1.82) is 0 Å². The van der Waals surface area contributed by atoms with Gasteiger partial charge in [-0.15, -0.1) is 0 Å². The van der Waals surface area contributed by atoms with Gasteiger partial charge in [0.1, 0.15) is 17.2 Å². The van der Waals surface area contributed by atoms with Gasteiger partial charge in [-0.25, -0.2) is 9.67 Å². The first kappa shape index (κ1) is 23.6. The Hall–Kier alpha value is -3.18. The van der Waals surface area contributed by atoms with E-state index >= 15 is 0 Å². The van der Waals surface area contributed by atoms with Crippen molar-refractivity contribution in [3.8, 4) is 11.6 Å². The smallest absolute Gasteiger partial charge is 0.435 e. The summed E-state index contributed by atoms with van der Waals surface area (Å²) in [7, 11) is 0. The summed E-state index contributed by atoms with van der Waals surface area (Å²) >= 11 is 0. The Bertz CT molecular complexity index is 1200. The van der Waals surface area contributed by atoms with Crippen LogP contribution in [0.5, 0.6) is 11.6 Å². The molecule has 3 atom stereocenters. The highest BCUT2D eigenvalue weighted by Gasteiger charge is 2.40. The molecule has 2 bridgehead atoms. The predicted octanol–water partition coefficient (Wildman–Crippen LogP) is 5.34. The number of hydrogen-bond acceptors (Lipinski definition) is 7. The van der Waals surface area contributed by atoms with Crippen molar-refractivity contribution in [2.45, 2.75) is 69.6 Å². The summed E-state index contributed by atoms with van der Waals surface area (Å²) in [5, 5.41) is 17.2. The number of rotatable bonds is 6. The maximum absolute atomic E-state index is 13.5. The van der Waals surface area contributed by atoms with Crippen LogP contribution in [0.1, 0.15) is 57.0 Å². The van der Waals surface area contributed by atoms with E-state index in [0.29, 0.717) is 35.8 Å². The van der Waals surface area contributed by atoms with Crippen LogP contribution in [-0.4, -0.2) is 37.1 Å². The Morgan fingerprint density at radius 2 is 1.74 bits per heavy atom. The fourth-order valence-electron chi connectivity index (χ4n) is 4.54. The summed E-state index contributed by atoms with van der Waals surface area (Å²) in [6, 6.07) is 7.27. The molecule has 0 radical (unpaired) electrons. The van der Waals surface area contributed by atoms with Gasteiger partial charge >= 0.3 is 6.18 Å². The van der Waals surface area contributed by atoms with Gasteiger partial charge in [0, 0.05) is 30.2 Å². The molecule has 3 aromatic heterocycles. The first-order valence-electron chi connectivity index (χ1n) is 11.5. The molecule has 11 heteroatoms. The highest BCUT2D eigenvalue weighted by molar-refractivity contribution is 5.57. The molecule has 2 saturated heterocycles. The Balaban J connectivity index is 1.39. The maximum atomic E-state index is 13.5. The van der Waals surface area contributed by atoms with Gasteiger partial charge in [0.05, 0.1) is 23.9 Å². The van der Waals surface area contributed by atoms with E-state index < -0.39 is 17.5 Å². The molecule has 0 saturated carbocycles. The van der Waals surface area contributed by atoms with Gasteiger partial charge in [-0.2, -0.15) is 18.3 Å². The lowest BCUT2D eigenvalue weighted by molar-refractivity contribution is -0.141. The van der Waals surface area contributed by atoms with E-state index in [2.05, 4.69) is 20.4 Å². The van der Waals surface area contributed by atoms with Gasteiger partial charge in [-0.1, -0.05) is 0 Å². The third-order valence-electron chi connectivity index (χ3n) is 6.22. The van der Waals surface area contributed by atoms with Crippen LogP contribution in [0.2, 0.25) is 0 Å². The molecule has 2 aliphatic heterocycles. The number of hydrogen-bond donors (Lipinski definition) is 2. The Morgan fingerprint density at radius 1 is 1.03 bits per heavy atom. The topological polar surface area (TPSA) is 94.3 Å². The molecule has 0 aliphatic carbocycles. The number of anilines is 2. The predicted molar refractivity (Wildman–Crippen MR) is 120 cm³/mol. The molecule has 2 fully saturated rings. The summed E-state index contributed by atoms with van der Waals surface area (Å²) in [4.78, 5) is 8.43. The largest absolute Gasteiger partial charge is 0.439 e. The molecular formula is C24H26F3N5O3. The minimum Gasteiger partial charge on any atom is -0.439 e. The van der Waals surface area contributed by atoms with E-state index in [9.17, 15) is 18.3 Å². The number of pyridine rings is 2. The van der Waals surface area contributed by atoms with Crippen molar-refractivity contribution in [2.75, 3.05) is 5.32 Å². The first-order chi connectivity index (χ1) is 16.5. The normalized spacial score (nSPS) is 22.3. The van der Waals surface area contributed by atoms with E-state index in [1.54, 1.807) is 44.3 Å². The first-order valence-corrected chi connectivity index (χ1v) is 11.5. The van der Waals surface area contributed by atoms with Crippen LogP contribution in [0.4, 0.5) is 24.7 Å². The second-order valence-corrected chi connectivity index (χ2v) is 9.49. The molecule has 8 nitrogen and oxygen atoms in total. The zero-order valence-electron chi connectivity index (χ0n) is 19.3. The molecule has 0 aromatic carbocycles. The average molecular weight is 489 g/mol. The molecular weight excluding hydrogens is 463 g/mol. The third kappa shape index (κ3) is 5.25. The number of fused-ring (bicyclic) bond motifs is 2. The zero-order chi connectivity index (χ0) is 24.8. The molecule has 3 aromatic rings. The van der Waals surface area contributed by atoms with E-state index in [-0.39, 0.29) is 24.1 Å². The second kappa shape index (κ2) is 8.80. The van der Waals surface area contributed by atoms with Gasteiger partial charge < -0.3 is 19.9 Å². The molecule has 35 heavy (non-hydrogen) atoms. The van der Waals surface area contributed by atoms with E-state index in [1.165, 1.54) is 10.9 Å². The van der Waals surface area contributed by atoms with Gasteiger partial charge in [0.25, 0.3) is 0 Å². The average Bonchev–Trinajstić information content (AvgIpc) is 3.36. The Kier molecular flexibility index (Phi) is 5.92. The molecule has 186 valence electrons. The number of nitrogens with one attached hydrogen (secondary N) is 1. The van der Waals surface area contributed by atoms with Crippen molar-refractivity contribution < 1.29 is 27.8 Å². The maximum Gasteiger partial charge on any atom is 0.435 e. The molecule has 2 aliphatic rings. The minimum absolute atomic E-state index is 0.0222. The molecule has 0 amide bonds. The number of halogens is 3. The van der Waals surface area contributed by atoms with E-state index in [0.717, 1.165) is 18.9 Å². The van der Waals surface area contributed by atoms with E-state index in [1.807, 2.05) is 0 Å². The summed E-state index contributed by atoms with van der Waals surface area (Å²) in [6.07, 6.45) is 1.57. The quantitative estimate of drug-likeness (QED) is 0.483. The lowest BCUT2D eigenvalue weighted by Crippen LogP contribution is -2.28. The fourth-order valence-corrected chi connectivity index (χ4v) is 4.54. The number of aromatic nitrogens is 4. The highest BCUT2D eigenvalue weighted by atomic mass is 19.4. The number of nitrogens with zero attached hydrogens (tertiary/aromatic N) is 4. The summed E-state index contributed by atoms with van der Waals surface area (Å²) in [6.45, 7) is 3.27. The molecule has 5 rings (SSSR count). The minimum atomic E-state index is -4.59. The van der Waals surface area contributed by atoms with Crippen molar-refractivity contribution in [2.24, 2.45) is 0 Å². The van der Waals surface area contributed by atoms with Crippen LogP contribution in [0, 0.1) is 0 Å². The second-order valence-electron chi connectivity index (χ2n) is 9.49. The van der Waals surface area contributed by atoms with Crippen molar-refractivity contribution in [3.05, 3.63) is 54.1 Å². The third-order valence-corrected chi connectivity index (χ3v) is 6.22. The number of alkyl halides is 3. The van der Waals surface area contributed by atoms with Gasteiger partial charge in [0.15, 0.2) is 5.69 Å². The summed E-state index contributed by atoms with van der Waals surface area (Å²) in [5.74, 6) is 0.750. The molecule has 0 spiro atoms. The lowest BCUT2D eigenvalue weighted by Gasteiger charge is -2.29.